The highest BCUT2D eigenvalue weighted by Gasteiger charge is 2.12. The largest absolute Gasteiger partial charge is 0.497 e. The van der Waals surface area contributed by atoms with Crippen LogP contribution in [0.1, 0.15) is 27.3 Å². The molecular formula is C20H22N4O2S. The highest BCUT2D eigenvalue weighted by atomic mass is 32.2. The molecule has 0 spiro atoms. The third-order valence-electron chi connectivity index (χ3n) is 4.13. The van der Waals surface area contributed by atoms with Crippen LogP contribution in [-0.2, 0) is 19.3 Å². The Hall–Kier alpha value is -2.80. The molecule has 0 aliphatic rings. The topological polar surface area (TPSA) is 69.0 Å². The predicted molar refractivity (Wildman–Crippen MR) is 106 cm³/mol. The first-order valence-corrected chi connectivity index (χ1v) is 9.54. The number of hydrogen-bond donors (Lipinski definition) is 1. The van der Waals surface area contributed by atoms with Gasteiger partial charge in [0.05, 0.1) is 13.7 Å². The van der Waals surface area contributed by atoms with Crippen LogP contribution in [0.4, 0.5) is 0 Å². The lowest BCUT2D eigenvalue weighted by Crippen LogP contribution is -2.24. The van der Waals surface area contributed by atoms with E-state index in [4.69, 9.17) is 4.74 Å². The van der Waals surface area contributed by atoms with Gasteiger partial charge >= 0.3 is 0 Å². The molecule has 3 aromatic rings. The van der Waals surface area contributed by atoms with Gasteiger partial charge in [-0.3, -0.25) is 4.79 Å². The molecule has 1 aromatic heterocycles. The maximum absolute atomic E-state index is 12.3. The number of nitrogens with zero attached hydrogens (tertiary/aromatic N) is 3. The minimum absolute atomic E-state index is 0.158. The fourth-order valence-electron chi connectivity index (χ4n) is 2.58. The Balaban J connectivity index is 1.57. The average molecular weight is 382 g/mol. The molecule has 0 aliphatic heterocycles. The van der Waals surface area contributed by atoms with Crippen LogP contribution < -0.4 is 10.1 Å². The van der Waals surface area contributed by atoms with Crippen LogP contribution in [0.2, 0.25) is 0 Å². The minimum atomic E-state index is -0.158. The van der Waals surface area contributed by atoms with Crippen LogP contribution in [-0.4, -0.2) is 27.8 Å². The van der Waals surface area contributed by atoms with Gasteiger partial charge in [0.1, 0.15) is 5.75 Å². The van der Waals surface area contributed by atoms with Crippen molar-refractivity contribution in [2.45, 2.75) is 24.4 Å². The third kappa shape index (κ3) is 4.89. The van der Waals surface area contributed by atoms with Crippen LogP contribution in [0.15, 0.2) is 53.7 Å². The summed E-state index contributed by atoms with van der Waals surface area (Å²) in [5.74, 6) is 2.10. The second-order valence-electron chi connectivity index (χ2n) is 6.15. The average Bonchev–Trinajstić information content (AvgIpc) is 3.04. The lowest BCUT2D eigenvalue weighted by atomic mass is 10.2. The second kappa shape index (κ2) is 8.73. The molecule has 7 heteroatoms. The molecule has 0 saturated heterocycles. The quantitative estimate of drug-likeness (QED) is 0.635. The molecule has 1 heterocycles. The first-order valence-electron chi connectivity index (χ1n) is 8.55. The molecule has 0 atom stereocenters. The molecule has 0 fully saturated rings. The number of rotatable bonds is 7. The van der Waals surface area contributed by atoms with E-state index < -0.39 is 0 Å². The van der Waals surface area contributed by atoms with Gasteiger partial charge in [0, 0.05) is 18.4 Å². The van der Waals surface area contributed by atoms with Crippen LogP contribution >= 0.6 is 11.8 Å². The Morgan fingerprint density at radius 3 is 2.67 bits per heavy atom. The van der Waals surface area contributed by atoms with Gasteiger partial charge in [-0.1, -0.05) is 41.6 Å². The van der Waals surface area contributed by atoms with E-state index in [0.29, 0.717) is 17.9 Å². The molecule has 2 aromatic carbocycles. The summed E-state index contributed by atoms with van der Waals surface area (Å²) >= 11 is 1.63. The van der Waals surface area contributed by atoms with E-state index >= 15 is 0 Å². The molecule has 0 unspecified atom stereocenters. The standard InChI is InChI=1S/C20H22N4O2S/c1-14-5-4-6-15(11-14)13-27-20-23-22-18(24(20)2)12-21-19(25)16-7-9-17(26-3)10-8-16/h4-11H,12-13H2,1-3H3,(H,21,25). The summed E-state index contributed by atoms with van der Waals surface area (Å²) in [5, 5.41) is 12.1. The smallest absolute Gasteiger partial charge is 0.251 e. The Labute approximate surface area is 163 Å². The summed E-state index contributed by atoms with van der Waals surface area (Å²) in [4.78, 5) is 12.3. The minimum Gasteiger partial charge on any atom is -0.497 e. The SMILES string of the molecule is COc1ccc(C(=O)NCc2nnc(SCc3cccc(C)c3)n2C)cc1. The molecule has 140 valence electrons. The number of ether oxygens (including phenoxy) is 1. The van der Waals surface area contributed by atoms with Gasteiger partial charge < -0.3 is 14.6 Å². The van der Waals surface area contributed by atoms with Gasteiger partial charge in [0.15, 0.2) is 11.0 Å². The van der Waals surface area contributed by atoms with E-state index in [2.05, 4.69) is 46.7 Å². The van der Waals surface area contributed by atoms with Crippen molar-refractivity contribution in [2.75, 3.05) is 7.11 Å². The van der Waals surface area contributed by atoms with E-state index in [1.165, 1.54) is 11.1 Å². The number of amides is 1. The second-order valence-corrected chi connectivity index (χ2v) is 7.09. The van der Waals surface area contributed by atoms with Crippen molar-refractivity contribution in [2.24, 2.45) is 7.05 Å². The normalized spacial score (nSPS) is 10.6. The molecule has 6 nitrogen and oxygen atoms in total. The number of nitrogens with one attached hydrogen (secondary N) is 1. The van der Waals surface area contributed by atoms with Crippen LogP contribution in [0, 0.1) is 6.92 Å². The summed E-state index contributed by atoms with van der Waals surface area (Å²) in [5.41, 5.74) is 3.07. The van der Waals surface area contributed by atoms with Gasteiger partial charge in [0.25, 0.3) is 5.91 Å². The fourth-order valence-corrected chi connectivity index (χ4v) is 3.45. The molecule has 0 radical (unpaired) electrons. The number of methoxy groups -OCH3 is 1. The number of thioether (sulfide) groups is 1. The first-order chi connectivity index (χ1) is 13.1. The Morgan fingerprint density at radius 1 is 1.19 bits per heavy atom. The molecule has 3 rings (SSSR count). The summed E-state index contributed by atoms with van der Waals surface area (Å²) < 4.78 is 7.01. The summed E-state index contributed by atoms with van der Waals surface area (Å²) in [7, 11) is 3.51. The van der Waals surface area contributed by atoms with E-state index in [-0.39, 0.29) is 5.91 Å². The summed E-state index contributed by atoms with van der Waals surface area (Å²) in [6.45, 7) is 2.40. The van der Waals surface area contributed by atoms with Gasteiger partial charge in [-0.25, -0.2) is 0 Å². The summed E-state index contributed by atoms with van der Waals surface area (Å²) in [6, 6.07) is 15.4. The van der Waals surface area contributed by atoms with Gasteiger partial charge in [0.2, 0.25) is 0 Å². The highest BCUT2D eigenvalue weighted by Crippen LogP contribution is 2.21. The zero-order valence-electron chi connectivity index (χ0n) is 15.6. The van der Waals surface area contributed by atoms with E-state index in [1.54, 1.807) is 43.1 Å². The molecule has 27 heavy (non-hydrogen) atoms. The Kier molecular flexibility index (Phi) is 6.13. The van der Waals surface area contributed by atoms with E-state index in [0.717, 1.165) is 16.7 Å². The van der Waals surface area contributed by atoms with Gasteiger partial charge in [-0.2, -0.15) is 0 Å². The maximum Gasteiger partial charge on any atom is 0.251 e. The molecule has 0 aliphatic carbocycles. The first kappa shape index (κ1) is 19.0. The predicted octanol–water partition coefficient (Wildman–Crippen LogP) is 3.35. The number of hydrogen-bond acceptors (Lipinski definition) is 5. The molecule has 0 bridgehead atoms. The highest BCUT2D eigenvalue weighted by molar-refractivity contribution is 7.98. The van der Waals surface area contributed by atoms with Crippen molar-refractivity contribution >= 4 is 17.7 Å². The van der Waals surface area contributed by atoms with E-state index in [9.17, 15) is 4.79 Å². The number of carbonyl (C=O) groups is 1. The lowest BCUT2D eigenvalue weighted by molar-refractivity contribution is 0.0949. The zero-order chi connectivity index (χ0) is 19.2. The van der Waals surface area contributed by atoms with Crippen molar-refractivity contribution in [3.63, 3.8) is 0 Å². The monoisotopic (exact) mass is 382 g/mol. The van der Waals surface area contributed by atoms with Gasteiger partial charge in [-0.05, 0) is 36.8 Å². The molecule has 1 N–H and O–H groups in total. The van der Waals surface area contributed by atoms with Gasteiger partial charge in [-0.15, -0.1) is 10.2 Å². The van der Waals surface area contributed by atoms with Crippen molar-refractivity contribution < 1.29 is 9.53 Å². The van der Waals surface area contributed by atoms with E-state index in [1.807, 2.05) is 11.6 Å². The zero-order valence-corrected chi connectivity index (χ0v) is 16.4. The maximum atomic E-state index is 12.3. The molecule has 1 amide bonds. The van der Waals surface area contributed by atoms with Crippen molar-refractivity contribution in [1.29, 1.82) is 0 Å². The van der Waals surface area contributed by atoms with Crippen LogP contribution in [0.3, 0.4) is 0 Å². The van der Waals surface area contributed by atoms with Crippen molar-refractivity contribution in [1.82, 2.24) is 20.1 Å². The number of aromatic nitrogens is 3. The molecular weight excluding hydrogens is 360 g/mol. The Morgan fingerprint density at radius 2 is 1.96 bits per heavy atom. The number of carbonyl (C=O) groups excluding carboxylic acids is 1. The molecule has 0 saturated carbocycles. The summed E-state index contributed by atoms with van der Waals surface area (Å²) in [6.07, 6.45) is 0. The Bertz CT molecular complexity index is 922. The van der Waals surface area contributed by atoms with Crippen molar-refractivity contribution in [3.05, 3.63) is 71.0 Å². The van der Waals surface area contributed by atoms with Crippen LogP contribution in [0.5, 0.6) is 5.75 Å². The number of benzene rings is 2. The lowest BCUT2D eigenvalue weighted by Gasteiger charge is -2.07. The van der Waals surface area contributed by atoms with Crippen LogP contribution in [0.25, 0.3) is 0 Å². The third-order valence-corrected chi connectivity index (χ3v) is 5.23. The van der Waals surface area contributed by atoms with Crippen molar-refractivity contribution in [3.8, 4) is 5.75 Å². The number of aryl methyl sites for hydroxylation is 1. The fraction of sp³-hybridized carbons (Fsp3) is 0.250.